The molecular weight excluding hydrogens is 269 g/mol. The first-order valence-corrected chi connectivity index (χ1v) is 2.41. The number of rotatable bonds is 0. The van der Waals surface area contributed by atoms with Crippen molar-refractivity contribution >= 4 is 0 Å². The molecule has 1 aromatic carbocycles. The van der Waals surface area contributed by atoms with Gasteiger partial charge in [-0.3, -0.25) is 5.92 Å². The standard InChI is InChI=1S/C8H5.Yb/c1-2-8-6-4-3-5-7-8;/h3-7H;/q-1;. The van der Waals surface area contributed by atoms with Gasteiger partial charge in [0.25, 0.3) is 0 Å². The summed E-state index contributed by atoms with van der Waals surface area (Å²) in [5.41, 5.74) is 0.826. The van der Waals surface area contributed by atoms with Crippen LogP contribution in [-0.2, 0) is 0 Å². The number of hydrogen-bond donors (Lipinski definition) is 0. The Morgan fingerprint density at radius 2 is 1.67 bits per heavy atom. The van der Waals surface area contributed by atoms with Crippen LogP contribution in [-0.4, -0.2) is 0 Å². The van der Waals surface area contributed by atoms with Crippen molar-refractivity contribution in [2.75, 3.05) is 0 Å². The average Bonchev–Trinajstić information content (AvgIpc) is 1.90. The average molecular weight is 274 g/mol. The van der Waals surface area contributed by atoms with Crippen LogP contribution in [0.25, 0.3) is 0 Å². The van der Waals surface area contributed by atoms with Crippen LogP contribution in [0.1, 0.15) is 5.56 Å². The quantitative estimate of drug-likeness (QED) is 0.498. The molecule has 0 bridgehead atoms. The van der Waals surface area contributed by atoms with Crippen LogP contribution in [0.15, 0.2) is 30.3 Å². The molecule has 0 aromatic heterocycles. The largest absolute Gasteiger partial charge is 0.366 e. The third kappa shape index (κ3) is 3.10. The molecular formula is C8H5Yb-. The summed E-state index contributed by atoms with van der Waals surface area (Å²) in [4.78, 5) is 0. The number of hydrogen-bond acceptors (Lipinski definition) is 0. The van der Waals surface area contributed by atoms with Gasteiger partial charge in [-0.25, -0.2) is 0 Å². The maximum atomic E-state index is 6.69. The van der Waals surface area contributed by atoms with E-state index in [1.165, 1.54) is 0 Å². The fourth-order valence-electron chi connectivity index (χ4n) is 0.521. The first-order chi connectivity index (χ1) is 3.93. The van der Waals surface area contributed by atoms with E-state index in [0.717, 1.165) is 5.56 Å². The second-order valence-corrected chi connectivity index (χ2v) is 1.49. The topological polar surface area (TPSA) is 0 Å². The maximum Gasteiger partial charge on any atom is 0 e. The van der Waals surface area contributed by atoms with Crippen molar-refractivity contribution < 1.29 is 46.9 Å². The smallest absolute Gasteiger partial charge is 0 e. The summed E-state index contributed by atoms with van der Waals surface area (Å²) in [5, 5.41) is 0. The minimum absolute atomic E-state index is 0. The zero-order chi connectivity index (χ0) is 5.82. The molecule has 0 amide bonds. The zero-order valence-corrected chi connectivity index (χ0v) is 6.37. The molecule has 0 saturated carbocycles. The second kappa shape index (κ2) is 5.11. The van der Waals surface area contributed by atoms with Crippen LogP contribution in [0.4, 0.5) is 0 Å². The molecule has 52 valence electrons. The molecule has 0 aliphatic carbocycles. The van der Waals surface area contributed by atoms with E-state index in [9.17, 15) is 0 Å². The molecule has 1 heteroatoms. The SMILES string of the molecule is [C-]#Cc1ccccc1.[Yb]. The third-order valence-corrected chi connectivity index (χ3v) is 0.918. The first-order valence-electron chi connectivity index (χ1n) is 2.41. The van der Waals surface area contributed by atoms with Gasteiger partial charge in [-0.15, -0.1) is 17.7 Å². The Balaban J connectivity index is 0.000000640. The van der Waals surface area contributed by atoms with E-state index in [2.05, 4.69) is 5.92 Å². The van der Waals surface area contributed by atoms with E-state index in [-0.39, 0.29) is 46.9 Å². The molecule has 0 saturated heterocycles. The van der Waals surface area contributed by atoms with Crippen LogP contribution in [0.2, 0.25) is 0 Å². The molecule has 0 spiro atoms. The van der Waals surface area contributed by atoms with Gasteiger partial charge < -0.3 is 6.42 Å². The van der Waals surface area contributed by atoms with Gasteiger partial charge in [0, 0.05) is 46.9 Å². The summed E-state index contributed by atoms with van der Waals surface area (Å²) < 4.78 is 0. The molecule has 0 unspecified atom stereocenters. The van der Waals surface area contributed by atoms with Crippen molar-refractivity contribution in [1.82, 2.24) is 0 Å². The molecule has 1 aromatic rings. The Labute approximate surface area is 93.9 Å². The third-order valence-electron chi connectivity index (χ3n) is 0.918. The molecule has 0 aliphatic rings. The Morgan fingerprint density at radius 1 is 1.11 bits per heavy atom. The minimum Gasteiger partial charge on any atom is -0.366 e. The van der Waals surface area contributed by atoms with Gasteiger partial charge in [0.15, 0.2) is 0 Å². The predicted molar refractivity (Wildman–Crippen MR) is 32.7 cm³/mol. The molecule has 0 aliphatic heterocycles. The fourth-order valence-corrected chi connectivity index (χ4v) is 0.521. The first kappa shape index (κ1) is 9.30. The van der Waals surface area contributed by atoms with Crippen LogP contribution in [0, 0.1) is 59.3 Å². The van der Waals surface area contributed by atoms with E-state index in [0.29, 0.717) is 0 Å². The van der Waals surface area contributed by atoms with E-state index >= 15 is 0 Å². The number of benzene rings is 1. The van der Waals surface area contributed by atoms with Gasteiger partial charge in [0.05, 0.1) is 0 Å². The Kier molecular flexibility index (Phi) is 5.28. The maximum absolute atomic E-state index is 6.69. The Bertz CT molecular complexity index is 196. The molecule has 9 heavy (non-hydrogen) atoms. The molecule has 0 nitrogen and oxygen atoms in total. The van der Waals surface area contributed by atoms with Gasteiger partial charge in [-0.2, -0.15) is 0 Å². The van der Waals surface area contributed by atoms with Gasteiger partial charge in [-0.1, -0.05) is 18.2 Å². The molecule has 0 radical (unpaired) electrons. The van der Waals surface area contributed by atoms with Crippen LogP contribution >= 0.6 is 0 Å². The minimum atomic E-state index is 0. The van der Waals surface area contributed by atoms with E-state index in [1.54, 1.807) is 0 Å². The summed E-state index contributed by atoms with van der Waals surface area (Å²) in [6.45, 7) is 0. The van der Waals surface area contributed by atoms with Crippen molar-refractivity contribution in [1.29, 1.82) is 0 Å². The van der Waals surface area contributed by atoms with Crippen LogP contribution in [0.3, 0.4) is 0 Å². The van der Waals surface area contributed by atoms with Crippen molar-refractivity contribution in [3.8, 4) is 5.92 Å². The molecule has 0 atom stereocenters. The summed E-state index contributed by atoms with van der Waals surface area (Å²) >= 11 is 0. The zero-order valence-electron chi connectivity index (χ0n) is 4.65. The summed E-state index contributed by atoms with van der Waals surface area (Å²) in [7, 11) is 0. The monoisotopic (exact) mass is 275 g/mol. The van der Waals surface area contributed by atoms with Gasteiger partial charge in [0.2, 0.25) is 0 Å². The van der Waals surface area contributed by atoms with Crippen molar-refractivity contribution in [3.63, 3.8) is 0 Å². The summed E-state index contributed by atoms with van der Waals surface area (Å²) in [6.07, 6.45) is 6.69. The van der Waals surface area contributed by atoms with Gasteiger partial charge >= 0.3 is 0 Å². The van der Waals surface area contributed by atoms with E-state index in [4.69, 9.17) is 6.42 Å². The summed E-state index contributed by atoms with van der Waals surface area (Å²) in [6, 6.07) is 9.37. The molecule has 1 rings (SSSR count). The fraction of sp³-hybridized carbons (Fsp3) is 0. The van der Waals surface area contributed by atoms with Crippen molar-refractivity contribution in [2.45, 2.75) is 0 Å². The van der Waals surface area contributed by atoms with Gasteiger partial charge in [-0.05, 0) is 0 Å². The molecule has 0 heterocycles. The van der Waals surface area contributed by atoms with E-state index in [1.807, 2.05) is 30.3 Å². The van der Waals surface area contributed by atoms with E-state index < -0.39 is 0 Å². The van der Waals surface area contributed by atoms with Gasteiger partial charge in [0.1, 0.15) is 0 Å². The van der Waals surface area contributed by atoms with Crippen molar-refractivity contribution in [2.24, 2.45) is 0 Å². The molecule has 0 fully saturated rings. The van der Waals surface area contributed by atoms with Crippen molar-refractivity contribution in [3.05, 3.63) is 42.3 Å². The predicted octanol–water partition coefficient (Wildman–Crippen LogP) is 1.62. The van der Waals surface area contributed by atoms with Crippen LogP contribution < -0.4 is 0 Å². The normalized spacial score (nSPS) is 7.00. The molecule has 0 N–H and O–H groups in total. The Hall–Kier alpha value is 0.299. The van der Waals surface area contributed by atoms with Crippen LogP contribution in [0.5, 0.6) is 0 Å². The second-order valence-electron chi connectivity index (χ2n) is 1.49. The summed E-state index contributed by atoms with van der Waals surface area (Å²) in [5.74, 6) is 2.28. The Morgan fingerprint density at radius 3 is 2.00 bits per heavy atom.